The number of carboxylic acids is 1. The van der Waals surface area contributed by atoms with Crippen molar-refractivity contribution in [3.8, 4) is 17.0 Å². The summed E-state index contributed by atoms with van der Waals surface area (Å²) in [4.78, 5) is 30.0. The molecule has 1 unspecified atom stereocenters. The van der Waals surface area contributed by atoms with Crippen molar-refractivity contribution in [3.05, 3.63) is 83.8 Å². The number of nitrogens with one attached hydrogen (secondary N) is 2. The highest BCUT2D eigenvalue weighted by Crippen LogP contribution is 2.34. The van der Waals surface area contributed by atoms with Crippen molar-refractivity contribution in [3.63, 3.8) is 0 Å². The number of benzene rings is 2. The van der Waals surface area contributed by atoms with E-state index in [1.165, 1.54) is 30.7 Å². The Balaban J connectivity index is 1.55. The van der Waals surface area contributed by atoms with Gasteiger partial charge in [-0.05, 0) is 54.8 Å². The summed E-state index contributed by atoms with van der Waals surface area (Å²) in [5.41, 5.74) is 2.78. The van der Waals surface area contributed by atoms with Gasteiger partial charge in [0.15, 0.2) is 5.65 Å². The van der Waals surface area contributed by atoms with E-state index in [4.69, 9.17) is 9.72 Å². The number of pyridine rings is 1. The van der Waals surface area contributed by atoms with Crippen molar-refractivity contribution >= 4 is 23.3 Å². The molecule has 39 heavy (non-hydrogen) atoms. The molecule has 1 fully saturated rings. The topological polar surface area (TPSA) is 105 Å². The molecule has 2 aromatic heterocycles. The van der Waals surface area contributed by atoms with Crippen LogP contribution in [0.4, 0.5) is 10.2 Å². The Kier molecular flexibility index (Phi) is 7.76. The minimum absolute atomic E-state index is 0.291. The molecule has 5 rings (SSSR count). The van der Waals surface area contributed by atoms with Crippen LogP contribution in [0, 0.1) is 5.82 Å². The van der Waals surface area contributed by atoms with E-state index in [0.717, 1.165) is 37.1 Å². The Morgan fingerprint density at radius 3 is 2.59 bits per heavy atom. The Morgan fingerprint density at radius 2 is 1.87 bits per heavy atom. The van der Waals surface area contributed by atoms with Crippen LogP contribution in [0.2, 0.25) is 0 Å². The zero-order chi connectivity index (χ0) is 27.4. The number of fused-ring (bicyclic) bond motifs is 1. The number of aliphatic carboxylic acids is 1. The molecule has 2 aromatic carbocycles. The Labute approximate surface area is 225 Å². The number of halogens is 1. The van der Waals surface area contributed by atoms with Gasteiger partial charge in [-0.2, -0.15) is 0 Å². The van der Waals surface area contributed by atoms with Crippen molar-refractivity contribution in [2.24, 2.45) is 0 Å². The fourth-order valence-corrected chi connectivity index (χ4v) is 5.15. The zero-order valence-corrected chi connectivity index (χ0v) is 21.7. The number of carbonyl (C=O) groups is 2. The number of hydrogen-bond donors (Lipinski definition) is 3. The average molecular weight is 531 g/mol. The van der Waals surface area contributed by atoms with E-state index in [2.05, 4.69) is 10.6 Å². The number of amides is 1. The first-order chi connectivity index (χ1) is 18.9. The molecule has 9 heteroatoms. The van der Waals surface area contributed by atoms with Crippen LogP contribution in [-0.2, 0) is 4.79 Å². The molecule has 1 atom stereocenters. The molecule has 202 valence electrons. The molecule has 4 aromatic rings. The summed E-state index contributed by atoms with van der Waals surface area (Å²) in [6.45, 7) is 0. The second-order valence-corrected chi connectivity index (χ2v) is 9.81. The number of hydrogen-bond acceptors (Lipinski definition) is 5. The number of imidazole rings is 1. The maximum Gasteiger partial charge on any atom is 0.305 e. The average Bonchev–Trinajstić information content (AvgIpc) is 3.31. The third-order valence-corrected chi connectivity index (χ3v) is 7.14. The number of nitrogens with zero attached hydrogens (tertiary/aromatic N) is 2. The van der Waals surface area contributed by atoms with Crippen LogP contribution in [-0.4, -0.2) is 39.5 Å². The van der Waals surface area contributed by atoms with Gasteiger partial charge >= 0.3 is 5.97 Å². The summed E-state index contributed by atoms with van der Waals surface area (Å²) in [7, 11) is 1.61. The smallest absolute Gasteiger partial charge is 0.305 e. The molecule has 0 aliphatic heterocycles. The molecule has 0 saturated heterocycles. The van der Waals surface area contributed by atoms with Crippen molar-refractivity contribution in [2.75, 3.05) is 12.4 Å². The fraction of sp³-hybridized carbons (Fsp3) is 0.300. The first-order valence-electron chi connectivity index (χ1n) is 13.1. The van der Waals surface area contributed by atoms with E-state index in [1.54, 1.807) is 19.2 Å². The molecule has 8 nitrogen and oxygen atoms in total. The molecule has 0 spiro atoms. The van der Waals surface area contributed by atoms with E-state index in [1.807, 2.05) is 34.9 Å². The summed E-state index contributed by atoms with van der Waals surface area (Å²) in [6.07, 6.45) is 7.17. The standard InChI is InChI=1S/C30H31FN4O4/c1-39-23-10-5-7-20(17-23)27-29(32-22-8-3-2-4-9-22)35-16-6-11-24(28(35)34-27)30(38)33-25(18-26(36)37)19-12-14-21(31)15-13-19/h5-7,10-17,22,25,32H,2-4,8-9,18H2,1H3,(H,33,38)(H,36,37). The van der Waals surface area contributed by atoms with Gasteiger partial charge in [0.25, 0.3) is 5.91 Å². The van der Waals surface area contributed by atoms with Gasteiger partial charge in [-0.1, -0.05) is 43.5 Å². The summed E-state index contributed by atoms with van der Waals surface area (Å²) in [5, 5.41) is 16.0. The molecule has 1 aliphatic carbocycles. The summed E-state index contributed by atoms with van der Waals surface area (Å²) in [5.74, 6) is -0.503. The van der Waals surface area contributed by atoms with E-state index in [0.29, 0.717) is 34.3 Å². The van der Waals surface area contributed by atoms with E-state index in [-0.39, 0.29) is 6.42 Å². The number of ether oxygens (including phenoxy) is 1. The van der Waals surface area contributed by atoms with Crippen molar-refractivity contribution in [1.82, 2.24) is 14.7 Å². The van der Waals surface area contributed by atoms with Gasteiger partial charge in [0, 0.05) is 17.8 Å². The summed E-state index contributed by atoms with van der Waals surface area (Å²) < 4.78 is 20.8. The third kappa shape index (κ3) is 5.87. The van der Waals surface area contributed by atoms with Crippen LogP contribution in [0.3, 0.4) is 0 Å². The number of rotatable bonds is 9. The number of carboxylic acid groups (broad SMARTS) is 1. The zero-order valence-electron chi connectivity index (χ0n) is 21.7. The molecule has 3 N–H and O–H groups in total. The summed E-state index contributed by atoms with van der Waals surface area (Å²) in [6, 6.07) is 16.0. The molecule has 1 aliphatic rings. The molecular formula is C30H31FN4O4. The highest BCUT2D eigenvalue weighted by Gasteiger charge is 2.25. The summed E-state index contributed by atoms with van der Waals surface area (Å²) >= 11 is 0. The predicted octanol–water partition coefficient (Wildman–Crippen LogP) is 5.84. The normalized spacial score (nSPS) is 14.6. The lowest BCUT2D eigenvalue weighted by Crippen LogP contribution is -2.30. The molecular weight excluding hydrogens is 499 g/mol. The Hall–Kier alpha value is -4.40. The highest BCUT2D eigenvalue weighted by molar-refractivity contribution is 6.01. The SMILES string of the molecule is COc1cccc(-c2nc3c(C(=O)NC(CC(=O)O)c4ccc(F)cc4)cccn3c2NC2CCCCC2)c1. The van der Waals surface area contributed by atoms with Gasteiger partial charge in [-0.3, -0.25) is 14.0 Å². The lowest BCUT2D eigenvalue weighted by molar-refractivity contribution is -0.137. The lowest BCUT2D eigenvalue weighted by Gasteiger charge is -2.24. The lowest BCUT2D eigenvalue weighted by atomic mass is 9.95. The third-order valence-electron chi connectivity index (χ3n) is 7.14. The number of anilines is 1. The second-order valence-electron chi connectivity index (χ2n) is 9.81. The first-order valence-corrected chi connectivity index (χ1v) is 13.1. The van der Waals surface area contributed by atoms with Crippen LogP contribution in [0.5, 0.6) is 5.75 Å². The van der Waals surface area contributed by atoms with Crippen LogP contribution in [0.15, 0.2) is 66.9 Å². The molecule has 0 radical (unpaired) electrons. The number of methoxy groups -OCH3 is 1. The molecule has 2 heterocycles. The minimum atomic E-state index is -1.08. The highest BCUT2D eigenvalue weighted by atomic mass is 19.1. The predicted molar refractivity (Wildman–Crippen MR) is 147 cm³/mol. The van der Waals surface area contributed by atoms with Gasteiger partial charge in [-0.25, -0.2) is 9.37 Å². The van der Waals surface area contributed by atoms with Gasteiger partial charge in [0.05, 0.1) is 25.1 Å². The van der Waals surface area contributed by atoms with E-state index >= 15 is 0 Å². The number of aromatic nitrogens is 2. The van der Waals surface area contributed by atoms with Crippen LogP contribution in [0.25, 0.3) is 16.9 Å². The monoisotopic (exact) mass is 530 g/mol. The first kappa shape index (κ1) is 26.2. The molecule has 0 bridgehead atoms. The van der Waals surface area contributed by atoms with E-state index < -0.39 is 23.7 Å². The van der Waals surface area contributed by atoms with Gasteiger partial charge in [0.2, 0.25) is 0 Å². The number of carbonyl (C=O) groups excluding carboxylic acids is 1. The maximum absolute atomic E-state index is 13.6. The Morgan fingerprint density at radius 1 is 1.10 bits per heavy atom. The largest absolute Gasteiger partial charge is 0.497 e. The minimum Gasteiger partial charge on any atom is -0.497 e. The second kappa shape index (κ2) is 11.6. The molecule has 1 saturated carbocycles. The van der Waals surface area contributed by atoms with Crippen molar-refractivity contribution < 1.29 is 23.8 Å². The van der Waals surface area contributed by atoms with Gasteiger partial charge < -0.3 is 20.5 Å². The van der Waals surface area contributed by atoms with Crippen molar-refractivity contribution in [1.29, 1.82) is 0 Å². The van der Waals surface area contributed by atoms with Crippen LogP contribution >= 0.6 is 0 Å². The Bertz CT molecular complexity index is 1480. The fourth-order valence-electron chi connectivity index (χ4n) is 5.15. The van der Waals surface area contributed by atoms with Gasteiger partial charge in [-0.15, -0.1) is 0 Å². The van der Waals surface area contributed by atoms with E-state index in [9.17, 15) is 19.1 Å². The molecule has 1 amide bonds. The quantitative estimate of drug-likeness (QED) is 0.251. The van der Waals surface area contributed by atoms with Crippen LogP contribution < -0.4 is 15.4 Å². The van der Waals surface area contributed by atoms with Crippen molar-refractivity contribution in [2.45, 2.75) is 50.6 Å². The maximum atomic E-state index is 13.6. The van der Waals surface area contributed by atoms with Gasteiger partial charge in [0.1, 0.15) is 23.1 Å². The van der Waals surface area contributed by atoms with Crippen LogP contribution in [0.1, 0.15) is 60.5 Å².